The van der Waals surface area contributed by atoms with Crippen molar-refractivity contribution in [3.63, 3.8) is 0 Å². The SMILES string of the molecule is Cc1cc(-c2nccc3cc(C(C)C)ccc23)c2occc2c1. The van der Waals surface area contributed by atoms with Crippen molar-refractivity contribution >= 4 is 21.7 Å². The highest BCUT2D eigenvalue weighted by Gasteiger charge is 2.13. The molecule has 0 bridgehead atoms. The normalized spacial score (nSPS) is 11.7. The van der Waals surface area contributed by atoms with Crippen molar-refractivity contribution in [3.8, 4) is 11.3 Å². The Kier molecular flexibility index (Phi) is 3.19. The Bertz CT molecular complexity index is 1010. The number of hydrogen-bond acceptors (Lipinski definition) is 2. The van der Waals surface area contributed by atoms with Gasteiger partial charge < -0.3 is 4.42 Å². The zero-order valence-electron chi connectivity index (χ0n) is 13.6. The molecule has 0 saturated heterocycles. The molecular weight excluding hydrogens is 282 g/mol. The van der Waals surface area contributed by atoms with E-state index in [9.17, 15) is 0 Å². The van der Waals surface area contributed by atoms with Crippen LogP contribution in [0.25, 0.3) is 33.0 Å². The molecule has 0 spiro atoms. The third-order valence-corrected chi connectivity index (χ3v) is 4.41. The summed E-state index contributed by atoms with van der Waals surface area (Å²) in [5.74, 6) is 0.520. The molecule has 0 atom stereocenters. The number of furan rings is 1. The number of aryl methyl sites for hydroxylation is 1. The molecule has 0 aliphatic rings. The number of rotatable bonds is 2. The molecule has 0 aliphatic carbocycles. The van der Waals surface area contributed by atoms with E-state index in [1.165, 1.54) is 21.9 Å². The maximum Gasteiger partial charge on any atom is 0.143 e. The summed E-state index contributed by atoms with van der Waals surface area (Å²) in [5.41, 5.74) is 5.52. The van der Waals surface area contributed by atoms with E-state index in [1.807, 2.05) is 12.3 Å². The maximum atomic E-state index is 5.73. The van der Waals surface area contributed by atoms with Crippen LogP contribution in [-0.2, 0) is 0 Å². The minimum absolute atomic E-state index is 0.520. The van der Waals surface area contributed by atoms with Crippen LogP contribution in [-0.4, -0.2) is 4.98 Å². The molecule has 0 unspecified atom stereocenters. The van der Waals surface area contributed by atoms with Gasteiger partial charge in [-0.05, 0) is 53.6 Å². The standard InChI is InChI=1S/C21H19NO/c1-13(2)15-4-5-18-16(12-15)6-8-22-20(18)19-11-14(3)10-17-7-9-23-21(17)19/h4-13H,1-3H3. The molecule has 4 aromatic rings. The van der Waals surface area contributed by atoms with E-state index in [0.29, 0.717) is 5.92 Å². The summed E-state index contributed by atoms with van der Waals surface area (Å²) >= 11 is 0. The van der Waals surface area contributed by atoms with Gasteiger partial charge in [0.05, 0.1) is 12.0 Å². The van der Waals surface area contributed by atoms with E-state index in [2.05, 4.69) is 62.2 Å². The molecule has 2 heterocycles. The fraction of sp³-hybridized carbons (Fsp3) is 0.190. The summed E-state index contributed by atoms with van der Waals surface area (Å²) in [6, 6.07) is 15.0. The molecule has 2 aromatic carbocycles. The second-order valence-electron chi connectivity index (χ2n) is 6.45. The zero-order valence-corrected chi connectivity index (χ0v) is 13.6. The molecular formula is C21H19NO. The van der Waals surface area contributed by atoms with Gasteiger partial charge in [-0.15, -0.1) is 0 Å². The summed E-state index contributed by atoms with van der Waals surface area (Å²) in [7, 11) is 0. The van der Waals surface area contributed by atoms with E-state index in [0.717, 1.165) is 22.2 Å². The van der Waals surface area contributed by atoms with E-state index in [-0.39, 0.29) is 0 Å². The molecule has 0 radical (unpaired) electrons. The van der Waals surface area contributed by atoms with E-state index in [4.69, 9.17) is 4.42 Å². The molecule has 0 aliphatic heterocycles. The quantitative estimate of drug-likeness (QED) is 0.448. The number of benzene rings is 2. The lowest BCUT2D eigenvalue weighted by Crippen LogP contribution is -1.91. The van der Waals surface area contributed by atoms with Gasteiger partial charge in [-0.3, -0.25) is 4.98 Å². The van der Waals surface area contributed by atoms with Crippen LogP contribution >= 0.6 is 0 Å². The highest BCUT2D eigenvalue weighted by molar-refractivity contribution is 6.02. The first-order valence-electron chi connectivity index (χ1n) is 8.00. The van der Waals surface area contributed by atoms with Gasteiger partial charge >= 0.3 is 0 Å². The Hall–Kier alpha value is -2.61. The maximum absolute atomic E-state index is 5.73. The summed E-state index contributed by atoms with van der Waals surface area (Å²) in [4.78, 5) is 4.66. The Balaban J connectivity index is 2.03. The molecule has 4 rings (SSSR count). The van der Waals surface area contributed by atoms with Gasteiger partial charge in [0.15, 0.2) is 0 Å². The average Bonchev–Trinajstić information content (AvgIpc) is 3.01. The number of pyridine rings is 1. The monoisotopic (exact) mass is 301 g/mol. The highest BCUT2D eigenvalue weighted by Crippen LogP contribution is 2.34. The fourth-order valence-corrected chi connectivity index (χ4v) is 3.18. The summed E-state index contributed by atoms with van der Waals surface area (Å²) in [6.45, 7) is 6.55. The van der Waals surface area contributed by atoms with Gasteiger partial charge in [0, 0.05) is 22.5 Å². The second kappa shape index (κ2) is 5.24. The Morgan fingerprint density at radius 1 is 0.957 bits per heavy atom. The third-order valence-electron chi connectivity index (χ3n) is 4.41. The van der Waals surface area contributed by atoms with Crippen LogP contribution in [0.2, 0.25) is 0 Å². The molecule has 0 fully saturated rings. The minimum atomic E-state index is 0.520. The molecule has 0 saturated carbocycles. The van der Waals surface area contributed by atoms with Crippen LogP contribution in [0.5, 0.6) is 0 Å². The van der Waals surface area contributed by atoms with Gasteiger partial charge in [-0.1, -0.05) is 32.0 Å². The van der Waals surface area contributed by atoms with Crippen LogP contribution in [0.15, 0.2) is 59.3 Å². The third kappa shape index (κ3) is 2.31. The van der Waals surface area contributed by atoms with Crippen LogP contribution in [0, 0.1) is 6.92 Å². The summed E-state index contributed by atoms with van der Waals surface area (Å²) in [5, 5.41) is 3.51. The second-order valence-corrected chi connectivity index (χ2v) is 6.45. The van der Waals surface area contributed by atoms with Crippen molar-refractivity contribution in [2.45, 2.75) is 26.7 Å². The van der Waals surface area contributed by atoms with Crippen molar-refractivity contribution in [2.75, 3.05) is 0 Å². The molecule has 23 heavy (non-hydrogen) atoms. The van der Waals surface area contributed by atoms with Gasteiger partial charge in [-0.25, -0.2) is 0 Å². The smallest absolute Gasteiger partial charge is 0.143 e. The van der Waals surface area contributed by atoms with Crippen LogP contribution in [0.4, 0.5) is 0 Å². The fourth-order valence-electron chi connectivity index (χ4n) is 3.18. The van der Waals surface area contributed by atoms with Crippen LogP contribution in [0.3, 0.4) is 0 Å². The number of fused-ring (bicyclic) bond motifs is 2. The topological polar surface area (TPSA) is 26.0 Å². The molecule has 114 valence electrons. The van der Waals surface area contributed by atoms with E-state index < -0.39 is 0 Å². The predicted octanol–water partition coefficient (Wildman–Crippen LogP) is 6.08. The number of nitrogens with zero attached hydrogens (tertiary/aromatic N) is 1. The van der Waals surface area contributed by atoms with Gasteiger partial charge in [0.25, 0.3) is 0 Å². The van der Waals surface area contributed by atoms with Crippen molar-refractivity contribution in [2.24, 2.45) is 0 Å². The van der Waals surface area contributed by atoms with Gasteiger partial charge in [0.1, 0.15) is 5.58 Å². The van der Waals surface area contributed by atoms with Gasteiger partial charge in [-0.2, -0.15) is 0 Å². The molecule has 2 heteroatoms. The Morgan fingerprint density at radius 3 is 2.65 bits per heavy atom. The van der Waals surface area contributed by atoms with Crippen molar-refractivity contribution in [1.82, 2.24) is 4.98 Å². The van der Waals surface area contributed by atoms with Crippen molar-refractivity contribution < 1.29 is 4.42 Å². The molecule has 0 N–H and O–H groups in total. The summed E-state index contributed by atoms with van der Waals surface area (Å²) in [6.07, 6.45) is 3.63. The number of hydrogen-bond donors (Lipinski definition) is 0. The largest absolute Gasteiger partial charge is 0.464 e. The number of aromatic nitrogens is 1. The Labute approximate surface area is 135 Å². The lowest BCUT2D eigenvalue weighted by molar-refractivity contribution is 0.616. The van der Waals surface area contributed by atoms with Gasteiger partial charge in [0.2, 0.25) is 0 Å². The average molecular weight is 301 g/mol. The van der Waals surface area contributed by atoms with Crippen LogP contribution < -0.4 is 0 Å². The zero-order chi connectivity index (χ0) is 16.0. The summed E-state index contributed by atoms with van der Waals surface area (Å²) < 4.78 is 5.73. The minimum Gasteiger partial charge on any atom is -0.464 e. The molecule has 0 amide bonds. The Morgan fingerprint density at radius 2 is 1.83 bits per heavy atom. The molecule has 2 nitrogen and oxygen atoms in total. The lowest BCUT2D eigenvalue weighted by Gasteiger charge is -2.11. The van der Waals surface area contributed by atoms with E-state index in [1.54, 1.807) is 6.26 Å². The lowest BCUT2D eigenvalue weighted by atomic mass is 9.96. The predicted molar refractivity (Wildman–Crippen MR) is 95.8 cm³/mol. The van der Waals surface area contributed by atoms with Crippen molar-refractivity contribution in [1.29, 1.82) is 0 Å². The highest BCUT2D eigenvalue weighted by atomic mass is 16.3. The van der Waals surface area contributed by atoms with Crippen molar-refractivity contribution in [3.05, 3.63) is 66.1 Å². The first-order chi connectivity index (χ1) is 11.1. The molecule has 2 aromatic heterocycles. The first kappa shape index (κ1) is 14.0. The first-order valence-corrected chi connectivity index (χ1v) is 8.00. The van der Waals surface area contributed by atoms with Crippen LogP contribution in [0.1, 0.15) is 30.9 Å². The van der Waals surface area contributed by atoms with E-state index >= 15 is 0 Å².